The Labute approximate surface area is 214 Å². The van der Waals surface area contributed by atoms with Crippen LogP contribution >= 0.6 is 0 Å². The van der Waals surface area contributed by atoms with E-state index < -0.39 is 6.03 Å². The number of nitrogens with one attached hydrogen (secondary N) is 2. The van der Waals surface area contributed by atoms with Gasteiger partial charge in [-0.15, -0.1) is 10.2 Å². The molecule has 2 N–H and O–H groups in total. The number of anilines is 2. The molecule has 0 fully saturated rings. The highest BCUT2D eigenvalue weighted by atomic mass is 16.5. The zero-order chi connectivity index (χ0) is 26.5. The molecule has 0 aliphatic heterocycles. The summed E-state index contributed by atoms with van der Waals surface area (Å²) >= 11 is 0. The van der Waals surface area contributed by atoms with Gasteiger partial charge in [0, 0.05) is 29.6 Å². The number of hydrogen-bond acceptors (Lipinski definition) is 8. The third kappa shape index (κ3) is 5.56. The van der Waals surface area contributed by atoms with Crippen LogP contribution in [0.4, 0.5) is 16.2 Å². The second-order valence-corrected chi connectivity index (χ2v) is 8.06. The van der Waals surface area contributed by atoms with E-state index in [4.69, 9.17) is 18.9 Å². The van der Waals surface area contributed by atoms with Crippen LogP contribution in [0.1, 0.15) is 17.0 Å². The lowest BCUT2D eigenvalue weighted by Crippen LogP contribution is -2.19. The van der Waals surface area contributed by atoms with Crippen molar-refractivity contribution in [3.8, 4) is 34.7 Å². The van der Waals surface area contributed by atoms with Crippen molar-refractivity contribution >= 4 is 17.4 Å². The van der Waals surface area contributed by atoms with Crippen molar-refractivity contribution in [1.29, 1.82) is 0 Å². The number of aryl methyl sites for hydroxylation is 1. The summed E-state index contributed by atoms with van der Waals surface area (Å²) in [6, 6.07) is 13.2. The van der Waals surface area contributed by atoms with Gasteiger partial charge in [-0.05, 0) is 56.7 Å². The van der Waals surface area contributed by atoms with Crippen LogP contribution in [0.5, 0.6) is 28.9 Å². The van der Waals surface area contributed by atoms with E-state index in [1.165, 1.54) is 21.3 Å². The Balaban J connectivity index is 1.38. The van der Waals surface area contributed by atoms with Gasteiger partial charge in [0.2, 0.25) is 11.6 Å². The highest BCUT2D eigenvalue weighted by molar-refractivity contribution is 6.00. The first-order valence-corrected chi connectivity index (χ1v) is 11.4. The third-order valence-electron chi connectivity index (χ3n) is 5.75. The van der Waals surface area contributed by atoms with Gasteiger partial charge in [0.1, 0.15) is 5.75 Å². The van der Waals surface area contributed by atoms with Gasteiger partial charge >= 0.3 is 6.03 Å². The Bertz CT molecular complexity index is 1380. The predicted molar refractivity (Wildman–Crippen MR) is 139 cm³/mol. The number of amides is 2. The largest absolute Gasteiger partial charge is 0.493 e. The molecule has 2 heterocycles. The highest BCUT2D eigenvalue weighted by Gasteiger charge is 2.15. The van der Waals surface area contributed by atoms with Crippen molar-refractivity contribution in [1.82, 2.24) is 20.0 Å². The summed E-state index contributed by atoms with van der Waals surface area (Å²) in [4.78, 5) is 12.5. The fraction of sp³-hybridized carbons (Fsp3) is 0.231. The Morgan fingerprint density at radius 3 is 1.97 bits per heavy atom. The molecule has 4 aromatic rings. The van der Waals surface area contributed by atoms with E-state index in [9.17, 15) is 4.79 Å². The van der Waals surface area contributed by atoms with Crippen molar-refractivity contribution in [3.05, 3.63) is 65.5 Å². The van der Waals surface area contributed by atoms with Gasteiger partial charge in [-0.2, -0.15) is 5.10 Å². The Morgan fingerprint density at radius 2 is 1.46 bits per heavy atom. The summed E-state index contributed by atoms with van der Waals surface area (Å²) in [5.41, 5.74) is 4.12. The molecule has 0 radical (unpaired) electrons. The summed E-state index contributed by atoms with van der Waals surface area (Å²) in [7, 11) is 4.53. The molecule has 0 aliphatic rings. The summed E-state index contributed by atoms with van der Waals surface area (Å²) in [6.07, 6.45) is 0. The van der Waals surface area contributed by atoms with Crippen LogP contribution < -0.4 is 29.6 Å². The molecule has 0 aliphatic carbocycles. The summed E-state index contributed by atoms with van der Waals surface area (Å²) < 4.78 is 23.5. The highest BCUT2D eigenvalue weighted by Crippen LogP contribution is 2.40. The average Bonchev–Trinajstić information content (AvgIpc) is 3.16. The summed E-state index contributed by atoms with van der Waals surface area (Å²) in [5, 5.41) is 18.4. The number of nitrogens with zero attached hydrogens (tertiary/aromatic N) is 4. The Kier molecular flexibility index (Phi) is 7.42. The van der Waals surface area contributed by atoms with Crippen molar-refractivity contribution < 1.29 is 23.7 Å². The molecule has 0 saturated carbocycles. The van der Waals surface area contributed by atoms with Gasteiger partial charge in [-0.25, -0.2) is 9.48 Å². The smallest absolute Gasteiger partial charge is 0.323 e. The molecule has 2 aromatic carbocycles. The summed E-state index contributed by atoms with van der Waals surface area (Å²) in [6.45, 7) is 5.97. The first kappa shape index (κ1) is 25.3. The van der Waals surface area contributed by atoms with Gasteiger partial charge < -0.3 is 29.6 Å². The second-order valence-electron chi connectivity index (χ2n) is 8.06. The molecule has 0 bridgehead atoms. The van der Waals surface area contributed by atoms with Gasteiger partial charge in [0.05, 0.1) is 32.7 Å². The molecule has 0 unspecified atom stereocenters. The number of aromatic nitrogens is 4. The fourth-order valence-corrected chi connectivity index (χ4v) is 3.60. The number of urea groups is 1. The van der Waals surface area contributed by atoms with Crippen LogP contribution in [-0.4, -0.2) is 47.3 Å². The maximum absolute atomic E-state index is 12.5. The maximum Gasteiger partial charge on any atom is 0.323 e. The normalized spacial score (nSPS) is 10.5. The molecule has 0 saturated heterocycles. The fourth-order valence-electron chi connectivity index (χ4n) is 3.60. The molecule has 2 aromatic heterocycles. The molecular formula is C26H28N6O5. The number of ether oxygens (including phenoxy) is 4. The molecule has 11 nitrogen and oxygen atoms in total. The predicted octanol–water partition coefficient (Wildman–Crippen LogP) is 5.05. The number of benzene rings is 2. The van der Waals surface area contributed by atoms with Gasteiger partial charge in [-0.3, -0.25) is 0 Å². The van der Waals surface area contributed by atoms with Crippen LogP contribution in [0.2, 0.25) is 0 Å². The van der Waals surface area contributed by atoms with E-state index in [1.54, 1.807) is 53.2 Å². The SMILES string of the molecule is COc1cc(NC(=O)Nc2ccc(Oc3ccc(-n4nc(C)c(C)c4C)nn3)cc2)cc(OC)c1OC. The second kappa shape index (κ2) is 10.9. The minimum Gasteiger partial charge on any atom is -0.493 e. The van der Waals surface area contributed by atoms with Crippen LogP contribution in [-0.2, 0) is 0 Å². The maximum atomic E-state index is 12.5. The first-order valence-electron chi connectivity index (χ1n) is 11.4. The van der Waals surface area contributed by atoms with Crippen LogP contribution in [0, 0.1) is 20.8 Å². The van der Waals surface area contributed by atoms with Gasteiger partial charge in [0.25, 0.3) is 0 Å². The summed E-state index contributed by atoms with van der Waals surface area (Å²) in [5.74, 6) is 2.79. The minimum absolute atomic E-state index is 0.336. The molecule has 0 spiro atoms. The molecule has 192 valence electrons. The number of hydrogen-bond donors (Lipinski definition) is 2. The lowest BCUT2D eigenvalue weighted by molar-refractivity contribution is 0.262. The monoisotopic (exact) mass is 504 g/mol. The molecular weight excluding hydrogens is 476 g/mol. The molecule has 11 heteroatoms. The van der Waals surface area contributed by atoms with Crippen molar-refractivity contribution in [2.45, 2.75) is 20.8 Å². The number of rotatable bonds is 8. The number of carbonyl (C=O) groups is 1. The lowest BCUT2D eigenvalue weighted by Gasteiger charge is -2.15. The Morgan fingerprint density at radius 1 is 0.811 bits per heavy atom. The van der Waals surface area contributed by atoms with Crippen LogP contribution in [0.3, 0.4) is 0 Å². The van der Waals surface area contributed by atoms with Crippen molar-refractivity contribution in [2.24, 2.45) is 0 Å². The molecule has 0 atom stereocenters. The third-order valence-corrected chi connectivity index (χ3v) is 5.75. The zero-order valence-corrected chi connectivity index (χ0v) is 21.4. The van der Waals surface area contributed by atoms with Crippen LogP contribution in [0.25, 0.3) is 5.82 Å². The number of methoxy groups -OCH3 is 3. The quantitative estimate of drug-likeness (QED) is 0.342. The van der Waals surface area contributed by atoms with Crippen LogP contribution in [0.15, 0.2) is 48.5 Å². The van der Waals surface area contributed by atoms with E-state index in [1.807, 2.05) is 20.8 Å². The van der Waals surface area contributed by atoms with E-state index in [0.29, 0.717) is 46.1 Å². The van der Waals surface area contributed by atoms with E-state index in [2.05, 4.69) is 25.9 Å². The van der Waals surface area contributed by atoms with Crippen molar-refractivity contribution in [2.75, 3.05) is 32.0 Å². The van der Waals surface area contributed by atoms with E-state index >= 15 is 0 Å². The molecule has 37 heavy (non-hydrogen) atoms. The topological polar surface area (TPSA) is 122 Å². The zero-order valence-electron chi connectivity index (χ0n) is 21.4. The Hall–Kier alpha value is -4.80. The average molecular weight is 505 g/mol. The van der Waals surface area contributed by atoms with E-state index in [0.717, 1.165) is 17.0 Å². The van der Waals surface area contributed by atoms with Crippen molar-refractivity contribution in [3.63, 3.8) is 0 Å². The lowest BCUT2D eigenvalue weighted by atomic mass is 10.2. The van der Waals surface area contributed by atoms with E-state index in [-0.39, 0.29) is 0 Å². The standard InChI is InChI=1S/C26H28N6O5/c1-15-16(2)31-32(17(15)3)23-11-12-24(30-29-23)37-20-9-7-18(8-10-20)27-26(33)28-19-13-21(34-4)25(36-6)22(14-19)35-5/h7-14H,1-6H3,(H2,27,28,33). The number of carbonyl (C=O) groups excluding carboxylic acids is 1. The first-order chi connectivity index (χ1) is 17.8. The molecule has 4 rings (SSSR count). The van der Waals surface area contributed by atoms with Gasteiger partial charge in [-0.1, -0.05) is 0 Å². The minimum atomic E-state index is -0.441. The molecule has 2 amide bonds. The van der Waals surface area contributed by atoms with Gasteiger partial charge in [0.15, 0.2) is 17.3 Å².